The molecule has 0 spiro atoms. The lowest BCUT2D eigenvalue weighted by Crippen LogP contribution is -2.13. The maximum absolute atomic E-state index is 12.3. The Morgan fingerprint density at radius 3 is 2.70 bits per heavy atom. The van der Waals surface area contributed by atoms with Crippen molar-refractivity contribution in [1.29, 1.82) is 0 Å². The van der Waals surface area contributed by atoms with Crippen LogP contribution in [0, 0.1) is 6.92 Å². The number of carbonyl (C=O) groups is 1. The minimum atomic E-state index is -0.180. The third kappa shape index (κ3) is 3.11. The summed E-state index contributed by atoms with van der Waals surface area (Å²) < 4.78 is 5.23. The van der Waals surface area contributed by atoms with Gasteiger partial charge < -0.3 is 10.1 Å². The zero-order valence-corrected chi connectivity index (χ0v) is 12.2. The summed E-state index contributed by atoms with van der Waals surface area (Å²) in [5.41, 5.74) is 3.16. The third-order valence-corrected chi connectivity index (χ3v) is 3.37. The number of nitrogens with one attached hydrogen (secondary N) is 1. The van der Waals surface area contributed by atoms with Crippen LogP contribution in [-0.4, -0.2) is 13.0 Å². The normalized spacial score (nSPS) is 10.2. The molecule has 20 heavy (non-hydrogen) atoms. The number of para-hydroxylation sites is 1. The Labute approximate surface area is 123 Å². The Morgan fingerprint density at radius 2 is 2.00 bits per heavy atom. The lowest BCUT2D eigenvalue weighted by Gasteiger charge is -2.11. The quantitative estimate of drug-likeness (QED) is 0.864. The number of methoxy groups -OCH3 is 1. The van der Waals surface area contributed by atoms with Crippen LogP contribution in [0.4, 0.5) is 5.69 Å². The Balaban J connectivity index is 2.24. The molecule has 0 bridgehead atoms. The standard InChI is InChI=1S/C16H16ClNO2/c1-11-7-8-12(9-15(11)20-2)16(19)18-14-6-4-3-5-13(14)10-17/h3-9H,10H2,1-2H3,(H,18,19). The van der Waals surface area contributed by atoms with Crippen molar-refractivity contribution in [3.8, 4) is 5.75 Å². The van der Waals surface area contributed by atoms with Crippen LogP contribution in [0.1, 0.15) is 21.5 Å². The van der Waals surface area contributed by atoms with E-state index in [1.807, 2.05) is 37.3 Å². The van der Waals surface area contributed by atoms with Gasteiger partial charge in [0.15, 0.2) is 0 Å². The van der Waals surface area contributed by atoms with Gasteiger partial charge in [-0.1, -0.05) is 24.3 Å². The van der Waals surface area contributed by atoms with Gasteiger partial charge in [0.25, 0.3) is 5.91 Å². The molecule has 3 nitrogen and oxygen atoms in total. The van der Waals surface area contributed by atoms with Crippen molar-refractivity contribution in [2.45, 2.75) is 12.8 Å². The Hall–Kier alpha value is -2.00. The molecule has 0 aliphatic rings. The first-order valence-corrected chi connectivity index (χ1v) is 6.79. The van der Waals surface area contributed by atoms with Gasteiger partial charge in [-0.2, -0.15) is 0 Å². The number of benzene rings is 2. The lowest BCUT2D eigenvalue weighted by molar-refractivity contribution is 0.102. The van der Waals surface area contributed by atoms with Crippen LogP contribution in [0.25, 0.3) is 0 Å². The molecule has 0 fully saturated rings. The molecule has 0 aliphatic heterocycles. The van der Waals surface area contributed by atoms with E-state index in [1.54, 1.807) is 19.2 Å². The van der Waals surface area contributed by atoms with E-state index in [4.69, 9.17) is 16.3 Å². The summed E-state index contributed by atoms with van der Waals surface area (Å²) in [4.78, 5) is 12.3. The van der Waals surface area contributed by atoms with Crippen molar-refractivity contribution in [2.24, 2.45) is 0 Å². The van der Waals surface area contributed by atoms with Gasteiger partial charge in [-0.05, 0) is 36.2 Å². The fraction of sp³-hybridized carbons (Fsp3) is 0.188. The molecule has 0 heterocycles. The summed E-state index contributed by atoms with van der Waals surface area (Å²) in [5.74, 6) is 0.873. The maximum atomic E-state index is 12.3. The molecule has 0 atom stereocenters. The largest absolute Gasteiger partial charge is 0.496 e. The Kier molecular flexibility index (Phi) is 4.64. The summed E-state index contributed by atoms with van der Waals surface area (Å²) in [5, 5.41) is 2.87. The number of ether oxygens (including phenoxy) is 1. The fourth-order valence-corrected chi connectivity index (χ4v) is 2.15. The molecule has 0 saturated carbocycles. The molecule has 2 aromatic rings. The minimum absolute atomic E-state index is 0.180. The van der Waals surface area contributed by atoms with E-state index in [-0.39, 0.29) is 5.91 Å². The number of amides is 1. The predicted molar refractivity (Wildman–Crippen MR) is 81.7 cm³/mol. The summed E-state index contributed by atoms with van der Waals surface area (Å²) in [7, 11) is 1.59. The zero-order chi connectivity index (χ0) is 14.5. The summed E-state index contributed by atoms with van der Waals surface area (Å²) >= 11 is 5.86. The second-order valence-electron chi connectivity index (χ2n) is 4.43. The average Bonchev–Trinajstić information content (AvgIpc) is 2.48. The van der Waals surface area contributed by atoms with Crippen LogP contribution in [0.5, 0.6) is 5.75 Å². The van der Waals surface area contributed by atoms with E-state index in [9.17, 15) is 4.79 Å². The van der Waals surface area contributed by atoms with Crippen molar-refractivity contribution in [1.82, 2.24) is 0 Å². The topological polar surface area (TPSA) is 38.3 Å². The van der Waals surface area contributed by atoms with Gasteiger partial charge in [0.05, 0.1) is 7.11 Å². The van der Waals surface area contributed by atoms with Crippen molar-refractivity contribution in [3.05, 3.63) is 59.2 Å². The number of hydrogen-bond acceptors (Lipinski definition) is 2. The molecule has 1 amide bonds. The van der Waals surface area contributed by atoms with E-state index >= 15 is 0 Å². The number of alkyl halides is 1. The van der Waals surface area contributed by atoms with Crippen LogP contribution in [-0.2, 0) is 5.88 Å². The number of halogens is 1. The number of aryl methyl sites for hydroxylation is 1. The minimum Gasteiger partial charge on any atom is -0.496 e. The first-order valence-electron chi connectivity index (χ1n) is 6.25. The highest BCUT2D eigenvalue weighted by Crippen LogP contribution is 2.21. The van der Waals surface area contributed by atoms with Crippen molar-refractivity contribution in [3.63, 3.8) is 0 Å². The van der Waals surface area contributed by atoms with Crippen molar-refractivity contribution >= 4 is 23.2 Å². The molecule has 0 saturated heterocycles. The Bertz CT molecular complexity index is 626. The van der Waals surface area contributed by atoms with Crippen LogP contribution in [0.3, 0.4) is 0 Å². The highest BCUT2D eigenvalue weighted by atomic mass is 35.5. The second-order valence-corrected chi connectivity index (χ2v) is 4.70. The molecule has 104 valence electrons. The second kappa shape index (κ2) is 6.44. The molecule has 0 unspecified atom stereocenters. The summed E-state index contributed by atoms with van der Waals surface area (Å²) in [6.45, 7) is 1.93. The van der Waals surface area contributed by atoms with Crippen LogP contribution in [0.15, 0.2) is 42.5 Å². The SMILES string of the molecule is COc1cc(C(=O)Nc2ccccc2CCl)ccc1C. The molecule has 2 rings (SSSR count). The average molecular weight is 290 g/mol. The van der Waals surface area contributed by atoms with Gasteiger partial charge in [-0.25, -0.2) is 0 Å². The molecule has 2 aromatic carbocycles. The Morgan fingerprint density at radius 1 is 1.25 bits per heavy atom. The number of anilines is 1. The van der Waals surface area contributed by atoms with Gasteiger partial charge >= 0.3 is 0 Å². The number of carbonyl (C=O) groups excluding carboxylic acids is 1. The molecule has 1 N–H and O–H groups in total. The first kappa shape index (κ1) is 14.4. The summed E-state index contributed by atoms with van der Waals surface area (Å²) in [6.07, 6.45) is 0. The van der Waals surface area contributed by atoms with Gasteiger partial charge in [-0.15, -0.1) is 11.6 Å². The molecule has 0 radical (unpaired) electrons. The molecular formula is C16H16ClNO2. The maximum Gasteiger partial charge on any atom is 0.255 e. The molecular weight excluding hydrogens is 274 g/mol. The highest BCUT2D eigenvalue weighted by molar-refractivity contribution is 6.17. The van der Waals surface area contributed by atoms with Crippen molar-refractivity contribution < 1.29 is 9.53 Å². The van der Waals surface area contributed by atoms with E-state index in [1.165, 1.54) is 0 Å². The molecule has 4 heteroatoms. The summed E-state index contributed by atoms with van der Waals surface area (Å²) in [6, 6.07) is 12.8. The number of hydrogen-bond donors (Lipinski definition) is 1. The van der Waals surface area contributed by atoms with Gasteiger partial charge in [0.1, 0.15) is 5.75 Å². The fourth-order valence-electron chi connectivity index (χ4n) is 1.91. The van der Waals surface area contributed by atoms with Crippen molar-refractivity contribution in [2.75, 3.05) is 12.4 Å². The van der Waals surface area contributed by atoms with Gasteiger partial charge in [-0.3, -0.25) is 4.79 Å². The molecule has 0 aromatic heterocycles. The highest BCUT2D eigenvalue weighted by Gasteiger charge is 2.10. The van der Waals surface area contributed by atoms with Crippen LogP contribution in [0.2, 0.25) is 0 Å². The van der Waals surface area contributed by atoms with E-state index in [0.717, 1.165) is 16.8 Å². The third-order valence-electron chi connectivity index (χ3n) is 3.08. The van der Waals surface area contributed by atoms with E-state index in [0.29, 0.717) is 17.2 Å². The van der Waals surface area contributed by atoms with Gasteiger partial charge in [0.2, 0.25) is 0 Å². The molecule has 0 aliphatic carbocycles. The van der Waals surface area contributed by atoms with Gasteiger partial charge in [0, 0.05) is 17.1 Å². The number of rotatable bonds is 4. The van der Waals surface area contributed by atoms with E-state index < -0.39 is 0 Å². The van der Waals surface area contributed by atoms with Crippen LogP contribution < -0.4 is 10.1 Å². The van der Waals surface area contributed by atoms with Crippen LogP contribution >= 0.6 is 11.6 Å². The monoisotopic (exact) mass is 289 g/mol. The lowest BCUT2D eigenvalue weighted by atomic mass is 10.1. The smallest absolute Gasteiger partial charge is 0.255 e. The zero-order valence-electron chi connectivity index (χ0n) is 11.4. The first-order chi connectivity index (χ1) is 9.65. The predicted octanol–water partition coefficient (Wildman–Crippen LogP) is 3.99. The van der Waals surface area contributed by atoms with E-state index in [2.05, 4.69) is 5.32 Å².